The van der Waals surface area contributed by atoms with Crippen LogP contribution in [-0.4, -0.2) is 16.9 Å². The first kappa shape index (κ1) is 19.1. The molecule has 0 unspecified atom stereocenters. The van der Waals surface area contributed by atoms with Crippen LogP contribution in [-0.2, 0) is 9.59 Å². The average molecular weight is 423 g/mol. The number of nitrogens with one attached hydrogen (secondary N) is 1. The van der Waals surface area contributed by atoms with Gasteiger partial charge in [-0.1, -0.05) is 41.9 Å². The van der Waals surface area contributed by atoms with Crippen molar-refractivity contribution in [3.63, 3.8) is 0 Å². The van der Waals surface area contributed by atoms with Crippen molar-refractivity contribution in [3.8, 4) is 11.3 Å². The van der Waals surface area contributed by atoms with Crippen LogP contribution in [0, 0.1) is 6.92 Å². The predicted molar refractivity (Wildman–Crippen MR) is 117 cm³/mol. The number of halogens is 1. The molecule has 1 fully saturated rings. The van der Waals surface area contributed by atoms with E-state index in [2.05, 4.69) is 5.32 Å². The minimum absolute atomic E-state index is 0.0216. The molecule has 1 N–H and O–H groups in total. The molecule has 4 rings (SSSR count). The third-order valence-corrected chi connectivity index (χ3v) is 5.04. The second kappa shape index (κ2) is 7.66. The standard InChI is InChI=1S/C22H15ClN2O3S/c1-13-15(12-19(28-13)14-5-3-2-4-6-14)11-18-20(26)24-22(29)25(21(18)27)17-9-7-16(23)8-10-17/h2-12H,1H3,(H,24,26,29)/b18-11+. The van der Waals surface area contributed by atoms with Gasteiger partial charge in [0.05, 0.1) is 5.69 Å². The van der Waals surface area contributed by atoms with Gasteiger partial charge in [0.1, 0.15) is 17.1 Å². The van der Waals surface area contributed by atoms with Gasteiger partial charge in [-0.05, 0) is 55.5 Å². The Bertz CT molecular complexity index is 1150. The summed E-state index contributed by atoms with van der Waals surface area (Å²) in [7, 11) is 0. The highest BCUT2D eigenvalue weighted by Gasteiger charge is 2.34. The molecule has 0 aliphatic carbocycles. The van der Waals surface area contributed by atoms with Crippen molar-refractivity contribution >= 4 is 52.5 Å². The largest absolute Gasteiger partial charge is 0.461 e. The number of rotatable bonds is 3. The molecule has 7 heteroatoms. The molecule has 0 saturated carbocycles. The molecule has 144 valence electrons. The number of furan rings is 1. The summed E-state index contributed by atoms with van der Waals surface area (Å²) in [6, 6.07) is 18.0. The molecule has 29 heavy (non-hydrogen) atoms. The third kappa shape index (κ3) is 3.72. The van der Waals surface area contributed by atoms with Crippen LogP contribution in [0.5, 0.6) is 0 Å². The van der Waals surface area contributed by atoms with Crippen LogP contribution in [0.1, 0.15) is 11.3 Å². The molecule has 1 aromatic heterocycles. The molecule has 2 amide bonds. The van der Waals surface area contributed by atoms with Gasteiger partial charge in [-0.2, -0.15) is 0 Å². The Labute approximate surface area is 177 Å². The number of carbonyl (C=O) groups excluding carboxylic acids is 2. The fourth-order valence-corrected chi connectivity index (χ4v) is 3.43. The van der Waals surface area contributed by atoms with Crippen LogP contribution < -0.4 is 10.2 Å². The number of thiocarbonyl (C=S) groups is 1. The molecule has 0 atom stereocenters. The van der Waals surface area contributed by atoms with Gasteiger partial charge in [0.25, 0.3) is 11.8 Å². The Morgan fingerprint density at radius 1 is 1.07 bits per heavy atom. The van der Waals surface area contributed by atoms with Crippen molar-refractivity contribution in [3.05, 3.63) is 82.6 Å². The van der Waals surface area contributed by atoms with Crippen LogP contribution in [0.2, 0.25) is 5.02 Å². The van der Waals surface area contributed by atoms with E-state index in [0.29, 0.717) is 27.8 Å². The Kier molecular flexibility index (Phi) is 5.05. The summed E-state index contributed by atoms with van der Waals surface area (Å²) in [5, 5.41) is 3.12. The van der Waals surface area contributed by atoms with Crippen molar-refractivity contribution in [2.75, 3.05) is 4.90 Å². The van der Waals surface area contributed by atoms with Gasteiger partial charge in [-0.3, -0.25) is 19.8 Å². The van der Waals surface area contributed by atoms with E-state index in [0.717, 1.165) is 5.56 Å². The number of hydrogen-bond donors (Lipinski definition) is 1. The number of hydrogen-bond acceptors (Lipinski definition) is 4. The molecule has 2 aromatic carbocycles. The molecule has 0 radical (unpaired) electrons. The minimum Gasteiger partial charge on any atom is -0.461 e. The number of amides is 2. The van der Waals surface area contributed by atoms with E-state index in [1.807, 2.05) is 30.3 Å². The SMILES string of the molecule is Cc1oc(-c2ccccc2)cc1/C=C1\C(=O)NC(=S)N(c2ccc(Cl)cc2)C1=O. The van der Waals surface area contributed by atoms with E-state index in [-0.39, 0.29) is 10.7 Å². The molecule has 0 spiro atoms. The number of carbonyl (C=O) groups is 2. The molecule has 1 saturated heterocycles. The fraction of sp³-hybridized carbons (Fsp3) is 0.0455. The van der Waals surface area contributed by atoms with E-state index < -0.39 is 11.8 Å². The van der Waals surface area contributed by atoms with Gasteiger partial charge in [0.15, 0.2) is 5.11 Å². The second-order valence-corrected chi connectivity index (χ2v) is 7.25. The maximum atomic E-state index is 13.1. The van der Waals surface area contributed by atoms with Gasteiger partial charge in [-0.15, -0.1) is 0 Å². The lowest BCUT2D eigenvalue weighted by Crippen LogP contribution is -2.54. The summed E-state index contributed by atoms with van der Waals surface area (Å²) in [5.41, 5.74) is 2.04. The number of benzene rings is 2. The van der Waals surface area contributed by atoms with Gasteiger partial charge in [-0.25, -0.2) is 0 Å². The van der Waals surface area contributed by atoms with Crippen LogP contribution in [0.4, 0.5) is 5.69 Å². The lowest BCUT2D eigenvalue weighted by Gasteiger charge is -2.28. The first-order chi connectivity index (χ1) is 13.9. The third-order valence-electron chi connectivity index (χ3n) is 4.50. The topological polar surface area (TPSA) is 62.6 Å². The summed E-state index contributed by atoms with van der Waals surface area (Å²) >= 11 is 11.1. The minimum atomic E-state index is -0.549. The van der Waals surface area contributed by atoms with Crippen molar-refractivity contribution in [2.24, 2.45) is 0 Å². The molecule has 5 nitrogen and oxygen atoms in total. The zero-order valence-electron chi connectivity index (χ0n) is 15.3. The van der Waals surface area contributed by atoms with Gasteiger partial charge >= 0.3 is 0 Å². The summed E-state index contributed by atoms with van der Waals surface area (Å²) in [6.07, 6.45) is 1.52. The fourth-order valence-electron chi connectivity index (χ4n) is 3.02. The highest BCUT2D eigenvalue weighted by atomic mass is 35.5. The zero-order chi connectivity index (χ0) is 20.5. The predicted octanol–water partition coefficient (Wildman–Crippen LogP) is 4.74. The lowest BCUT2D eigenvalue weighted by molar-refractivity contribution is -0.122. The summed E-state index contributed by atoms with van der Waals surface area (Å²) < 4.78 is 5.82. The average Bonchev–Trinajstić information content (AvgIpc) is 3.07. The highest BCUT2D eigenvalue weighted by Crippen LogP contribution is 2.28. The van der Waals surface area contributed by atoms with Crippen molar-refractivity contribution in [1.82, 2.24) is 5.32 Å². The second-order valence-electron chi connectivity index (χ2n) is 6.42. The zero-order valence-corrected chi connectivity index (χ0v) is 16.9. The summed E-state index contributed by atoms with van der Waals surface area (Å²) in [6.45, 7) is 1.78. The lowest BCUT2D eigenvalue weighted by atomic mass is 10.1. The van der Waals surface area contributed by atoms with Crippen LogP contribution in [0.3, 0.4) is 0 Å². The van der Waals surface area contributed by atoms with Crippen LogP contribution in [0.15, 0.2) is 70.7 Å². The van der Waals surface area contributed by atoms with E-state index in [1.165, 1.54) is 11.0 Å². The van der Waals surface area contributed by atoms with E-state index in [4.69, 9.17) is 28.2 Å². The van der Waals surface area contributed by atoms with Crippen molar-refractivity contribution in [2.45, 2.75) is 6.92 Å². The molecule has 3 aromatic rings. The monoisotopic (exact) mass is 422 g/mol. The maximum absolute atomic E-state index is 13.1. The first-order valence-corrected chi connectivity index (χ1v) is 9.55. The highest BCUT2D eigenvalue weighted by molar-refractivity contribution is 7.80. The first-order valence-electron chi connectivity index (χ1n) is 8.77. The normalized spacial score (nSPS) is 15.7. The molecule has 2 heterocycles. The van der Waals surface area contributed by atoms with Gasteiger partial charge in [0.2, 0.25) is 0 Å². The molecular weight excluding hydrogens is 408 g/mol. The van der Waals surface area contributed by atoms with Crippen molar-refractivity contribution in [1.29, 1.82) is 0 Å². The van der Waals surface area contributed by atoms with Gasteiger partial charge < -0.3 is 4.42 Å². The Morgan fingerprint density at radius 2 is 1.76 bits per heavy atom. The Hall–Kier alpha value is -3.22. The van der Waals surface area contributed by atoms with Gasteiger partial charge in [0, 0.05) is 16.1 Å². The van der Waals surface area contributed by atoms with E-state index >= 15 is 0 Å². The smallest absolute Gasteiger partial charge is 0.270 e. The van der Waals surface area contributed by atoms with E-state index in [9.17, 15) is 9.59 Å². The quantitative estimate of drug-likeness (QED) is 0.376. The van der Waals surface area contributed by atoms with E-state index in [1.54, 1.807) is 37.3 Å². The summed E-state index contributed by atoms with van der Waals surface area (Å²) in [5.74, 6) is 0.196. The van der Waals surface area contributed by atoms with Crippen molar-refractivity contribution < 1.29 is 14.0 Å². The Balaban J connectivity index is 1.72. The van der Waals surface area contributed by atoms with Crippen LogP contribution in [0.25, 0.3) is 17.4 Å². The Morgan fingerprint density at radius 3 is 2.45 bits per heavy atom. The number of nitrogens with zero attached hydrogens (tertiary/aromatic N) is 1. The molecule has 0 bridgehead atoms. The molecular formula is C22H15ClN2O3S. The molecule has 1 aliphatic rings. The number of anilines is 1. The van der Waals surface area contributed by atoms with Crippen LogP contribution >= 0.6 is 23.8 Å². The number of aryl methyl sites for hydroxylation is 1. The molecule has 1 aliphatic heterocycles. The summed E-state index contributed by atoms with van der Waals surface area (Å²) in [4.78, 5) is 26.8. The maximum Gasteiger partial charge on any atom is 0.270 e.